The third-order valence-electron chi connectivity index (χ3n) is 5.71. The monoisotopic (exact) mass is 309 g/mol. The third kappa shape index (κ3) is 4.69. The molecule has 0 aromatic rings. The molecule has 1 aliphatic carbocycles. The molecule has 1 amide bonds. The van der Waals surface area contributed by atoms with E-state index >= 15 is 0 Å². The Labute approximate surface area is 136 Å². The van der Waals surface area contributed by atoms with Gasteiger partial charge in [-0.2, -0.15) is 0 Å². The van der Waals surface area contributed by atoms with Crippen molar-refractivity contribution in [1.82, 2.24) is 15.1 Å². The van der Waals surface area contributed by atoms with Gasteiger partial charge in [-0.15, -0.1) is 0 Å². The highest BCUT2D eigenvalue weighted by atomic mass is 16.2. The fourth-order valence-electron chi connectivity index (χ4n) is 3.65. The molecule has 2 fully saturated rings. The summed E-state index contributed by atoms with van der Waals surface area (Å²) in [6, 6.07) is -0.0768. The summed E-state index contributed by atoms with van der Waals surface area (Å²) < 4.78 is 0. The molecular formula is C18H35N3O. The molecule has 1 saturated carbocycles. The fraction of sp³-hybridized carbons (Fsp3) is 0.944. The number of likely N-dealkylation sites (N-methyl/N-ethyl adjacent to an activating group) is 1. The number of nitrogens with one attached hydrogen (secondary N) is 1. The summed E-state index contributed by atoms with van der Waals surface area (Å²) in [5, 5.41) is 3.11. The zero-order valence-electron chi connectivity index (χ0n) is 15.2. The van der Waals surface area contributed by atoms with Crippen LogP contribution in [0.2, 0.25) is 0 Å². The number of hydrogen-bond donors (Lipinski definition) is 1. The van der Waals surface area contributed by atoms with Crippen LogP contribution in [0.4, 0.5) is 0 Å². The van der Waals surface area contributed by atoms with Gasteiger partial charge in [0, 0.05) is 13.1 Å². The molecule has 2 rings (SSSR count). The van der Waals surface area contributed by atoms with Gasteiger partial charge in [-0.3, -0.25) is 4.79 Å². The van der Waals surface area contributed by atoms with Gasteiger partial charge in [0.1, 0.15) is 0 Å². The lowest BCUT2D eigenvalue weighted by Gasteiger charge is -2.43. The van der Waals surface area contributed by atoms with Gasteiger partial charge >= 0.3 is 0 Å². The van der Waals surface area contributed by atoms with Crippen molar-refractivity contribution in [2.75, 3.05) is 40.3 Å². The summed E-state index contributed by atoms with van der Waals surface area (Å²) >= 11 is 0. The molecule has 1 aliphatic heterocycles. The van der Waals surface area contributed by atoms with Gasteiger partial charge in [0.25, 0.3) is 0 Å². The molecule has 0 aromatic carbocycles. The maximum absolute atomic E-state index is 12.7. The molecule has 0 unspecified atom stereocenters. The van der Waals surface area contributed by atoms with Gasteiger partial charge in [-0.1, -0.05) is 13.8 Å². The zero-order valence-corrected chi connectivity index (χ0v) is 15.2. The van der Waals surface area contributed by atoms with Crippen LogP contribution in [-0.4, -0.2) is 62.0 Å². The van der Waals surface area contributed by atoms with E-state index in [1.54, 1.807) is 0 Å². The van der Waals surface area contributed by atoms with Gasteiger partial charge in [0.15, 0.2) is 0 Å². The Balaban J connectivity index is 1.99. The predicted octanol–water partition coefficient (Wildman–Crippen LogP) is 2.20. The zero-order chi connectivity index (χ0) is 16.3. The molecule has 1 heterocycles. The molecule has 0 radical (unpaired) electrons. The number of hydrogen-bond acceptors (Lipinski definition) is 3. The first-order valence-electron chi connectivity index (χ1n) is 8.98. The number of piperidine rings is 1. The topological polar surface area (TPSA) is 35.6 Å². The number of rotatable bonds is 7. The number of nitrogens with zero attached hydrogens (tertiary/aromatic N) is 2. The molecule has 0 aromatic heterocycles. The van der Waals surface area contributed by atoms with Gasteiger partial charge < -0.3 is 15.1 Å². The average molecular weight is 309 g/mol. The number of carbonyl (C=O) groups excluding carboxylic acids is 1. The van der Waals surface area contributed by atoms with Crippen LogP contribution in [0.1, 0.15) is 46.5 Å². The Morgan fingerprint density at radius 2 is 1.86 bits per heavy atom. The minimum absolute atomic E-state index is 0.0768. The van der Waals surface area contributed by atoms with Crippen molar-refractivity contribution in [1.29, 1.82) is 0 Å². The predicted molar refractivity (Wildman–Crippen MR) is 91.8 cm³/mol. The second-order valence-electron chi connectivity index (χ2n) is 8.24. The van der Waals surface area contributed by atoms with Crippen molar-refractivity contribution < 1.29 is 4.79 Å². The average Bonchev–Trinajstić information content (AvgIpc) is 3.29. The molecule has 128 valence electrons. The first kappa shape index (κ1) is 17.7. The lowest BCUT2D eigenvalue weighted by atomic mass is 9.73. The Hall–Kier alpha value is -0.610. The largest absolute Gasteiger partial charge is 0.341 e. The highest BCUT2D eigenvalue weighted by Gasteiger charge is 2.37. The second-order valence-corrected chi connectivity index (χ2v) is 8.24. The van der Waals surface area contributed by atoms with E-state index in [2.05, 4.69) is 36.0 Å². The summed E-state index contributed by atoms with van der Waals surface area (Å²) in [7, 11) is 4.08. The van der Waals surface area contributed by atoms with Crippen molar-refractivity contribution in [3.8, 4) is 0 Å². The maximum atomic E-state index is 12.7. The Morgan fingerprint density at radius 3 is 2.36 bits per heavy atom. The smallest absolute Gasteiger partial charge is 0.239 e. The standard InChI is InChI=1S/C18H35N3O/c1-14(19-4)17(22)21(12-15-6-7-15)13-18(2,3)16-8-10-20(5)11-9-16/h14-16,19H,6-13H2,1-5H3/t14-/m1/s1. The highest BCUT2D eigenvalue weighted by Crippen LogP contribution is 2.37. The molecule has 1 N–H and O–H groups in total. The van der Waals surface area contributed by atoms with E-state index in [0.717, 1.165) is 24.9 Å². The van der Waals surface area contributed by atoms with E-state index in [1.807, 2.05) is 14.0 Å². The third-order valence-corrected chi connectivity index (χ3v) is 5.71. The van der Waals surface area contributed by atoms with Gasteiger partial charge in [-0.05, 0) is 77.0 Å². The van der Waals surface area contributed by atoms with Crippen molar-refractivity contribution >= 4 is 5.91 Å². The number of likely N-dealkylation sites (tertiary alicyclic amines) is 1. The molecular weight excluding hydrogens is 274 g/mol. The molecule has 4 nitrogen and oxygen atoms in total. The Morgan fingerprint density at radius 1 is 1.27 bits per heavy atom. The molecule has 1 saturated heterocycles. The first-order valence-corrected chi connectivity index (χ1v) is 8.98. The van der Waals surface area contributed by atoms with Crippen LogP contribution in [-0.2, 0) is 4.79 Å². The van der Waals surface area contributed by atoms with Gasteiger partial charge in [-0.25, -0.2) is 0 Å². The van der Waals surface area contributed by atoms with Crippen LogP contribution >= 0.6 is 0 Å². The Kier molecular flexibility index (Phi) is 5.89. The van der Waals surface area contributed by atoms with Crippen molar-refractivity contribution in [3.63, 3.8) is 0 Å². The lowest BCUT2D eigenvalue weighted by molar-refractivity contribution is -0.135. The van der Waals surface area contributed by atoms with E-state index in [9.17, 15) is 4.79 Å². The molecule has 4 heteroatoms. The molecule has 22 heavy (non-hydrogen) atoms. The maximum Gasteiger partial charge on any atom is 0.239 e. The van der Waals surface area contributed by atoms with E-state index < -0.39 is 0 Å². The van der Waals surface area contributed by atoms with Crippen LogP contribution in [0.15, 0.2) is 0 Å². The van der Waals surface area contributed by atoms with Crippen molar-refractivity contribution in [2.24, 2.45) is 17.3 Å². The van der Waals surface area contributed by atoms with E-state index in [0.29, 0.717) is 0 Å². The van der Waals surface area contributed by atoms with Crippen LogP contribution in [0.3, 0.4) is 0 Å². The highest BCUT2D eigenvalue weighted by molar-refractivity contribution is 5.81. The summed E-state index contributed by atoms with van der Waals surface area (Å²) in [5.41, 5.74) is 0.208. The van der Waals surface area contributed by atoms with E-state index in [-0.39, 0.29) is 17.4 Å². The SMILES string of the molecule is CN[C@H](C)C(=O)N(CC1CC1)CC(C)(C)C1CCN(C)CC1. The second kappa shape index (κ2) is 7.31. The van der Waals surface area contributed by atoms with Gasteiger partial charge in [0.2, 0.25) is 5.91 Å². The molecule has 0 bridgehead atoms. The summed E-state index contributed by atoms with van der Waals surface area (Å²) in [6.07, 6.45) is 5.12. The first-order chi connectivity index (χ1) is 10.3. The van der Waals surface area contributed by atoms with Crippen LogP contribution in [0.25, 0.3) is 0 Å². The minimum Gasteiger partial charge on any atom is -0.341 e. The summed E-state index contributed by atoms with van der Waals surface area (Å²) in [6.45, 7) is 10.9. The summed E-state index contributed by atoms with van der Waals surface area (Å²) in [5.74, 6) is 1.75. The molecule has 0 spiro atoms. The molecule has 2 aliphatic rings. The van der Waals surface area contributed by atoms with Crippen molar-refractivity contribution in [2.45, 2.75) is 52.5 Å². The van der Waals surface area contributed by atoms with E-state index in [4.69, 9.17) is 0 Å². The fourth-order valence-corrected chi connectivity index (χ4v) is 3.65. The van der Waals surface area contributed by atoms with Crippen LogP contribution < -0.4 is 5.32 Å². The van der Waals surface area contributed by atoms with Crippen LogP contribution in [0.5, 0.6) is 0 Å². The summed E-state index contributed by atoms with van der Waals surface area (Å²) in [4.78, 5) is 17.3. The normalized spacial score (nSPS) is 22.6. The minimum atomic E-state index is -0.0768. The van der Waals surface area contributed by atoms with Crippen molar-refractivity contribution in [3.05, 3.63) is 0 Å². The quantitative estimate of drug-likeness (QED) is 0.783. The van der Waals surface area contributed by atoms with E-state index in [1.165, 1.54) is 38.8 Å². The van der Waals surface area contributed by atoms with Gasteiger partial charge in [0.05, 0.1) is 6.04 Å². The number of amides is 1. The lowest BCUT2D eigenvalue weighted by Crippen LogP contribution is -2.50. The molecule has 1 atom stereocenters. The van der Waals surface area contributed by atoms with Crippen LogP contribution in [0, 0.1) is 17.3 Å². The number of carbonyl (C=O) groups is 1. The Bertz CT molecular complexity index is 371.